The number of hydrogen-bond donors (Lipinski definition) is 3. The molecule has 1 aromatic rings. The molecule has 1 aromatic carbocycles. The second kappa shape index (κ2) is 5.40. The minimum absolute atomic E-state index is 0.0699. The van der Waals surface area contributed by atoms with Crippen LogP contribution in [-0.4, -0.2) is 23.7 Å². The second-order valence-corrected chi connectivity index (χ2v) is 5.11. The zero-order chi connectivity index (χ0) is 13.1. The predicted molar refractivity (Wildman–Crippen MR) is 71.3 cm³/mol. The highest BCUT2D eigenvalue weighted by atomic mass is 16.3. The quantitative estimate of drug-likeness (QED) is 0.709. The topological polar surface area (TPSA) is 75.3 Å². The molecule has 2 unspecified atom stereocenters. The van der Waals surface area contributed by atoms with Gasteiger partial charge in [-0.2, -0.15) is 0 Å². The molecule has 1 amide bonds. The lowest BCUT2D eigenvalue weighted by atomic mass is 10.1. The highest BCUT2D eigenvalue weighted by molar-refractivity contribution is 5.94. The SMILES string of the molecule is Cc1cc(C(=O)NCC2CCC(O)C2)ccc1N. The summed E-state index contributed by atoms with van der Waals surface area (Å²) in [4.78, 5) is 11.9. The number of nitrogens with one attached hydrogen (secondary N) is 1. The van der Waals surface area contributed by atoms with E-state index in [1.54, 1.807) is 18.2 Å². The van der Waals surface area contributed by atoms with Gasteiger partial charge in [0.2, 0.25) is 0 Å². The fraction of sp³-hybridized carbons (Fsp3) is 0.500. The average Bonchev–Trinajstić information content (AvgIpc) is 2.75. The summed E-state index contributed by atoms with van der Waals surface area (Å²) in [5.41, 5.74) is 7.97. The number of anilines is 1. The van der Waals surface area contributed by atoms with Crippen molar-refractivity contribution in [1.82, 2.24) is 5.32 Å². The van der Waals surface area contributed by atoms with Gasteiger partial charge in [-0.25, -0.2) is 0 Å². The zero-order valence-electron chi connectivity index (χ0n) is 10.6. The van der Waals surface area contributed by atoms with Gasteiger partial charge in [-0.15, -0.1) is 0 Å². The number of hydrogen-bond acceptors (Lipinski definition) is 3. The van der Waals surface area contributed by atoms with Gasteiger partial charge < -0.3 is 16.2 Å². The summed E-state index contributed by atoms with van der Waals surface area (Å²) in [6.45, 7) is 2.53. The van der Waals surface area contributed by atoms with Gasteiger partial charge in [0.25, 0.3) is 5.91 Å². The van der Waals surface area contributed by atoms with Gasteiger partial charge >= 0.3 is 0 Å². The number of amides is 1. The molecule has 1 aliphatic rings. The van der Waals surface area contributed by atoms with E-state index in [4.69, 9.17) is 5.73 Å². The van der Waals surface area contributed by atoms with Crippen LogP contribution in [0.15, 0.2) is 18.2 Å². The van der Waals surface area contributed by atoms with E-state index in [9.17, 15) is 9.90 Å². The molecule has 1 fully saturated rings. The number of nitrogen functional groups attached to an aromatic ring is 1. The van der Waals surface area contributed by atoms with Crippen LogP contribution in [0.25, 0.3) is 0 Å². The van der Waals surface area contributed by atoms with Gasteiger partial charge in [0.15, 0.2) is 0 Å². The lowest BCUT2D eigenvalue weighted by molar-refractivity contribution is 0.0945. The van der Waals surface area contributed by atoms with Gasteiger partial charge in [-0.3, -0.25) is 4.79 Å². The van der Waals surface area contributed by atoms with Crippen LogP contribution in [0.2, 0.25) is 0 Å². The maximum absolute atomic E-state index is 11.9. The minimum atomic E-state index is -0.189. The van der Waals surface area contributed by atoms with Crippen molar-refractivity contribution in [1.29, 1.82) is 0 Å². The van der Waals surface area contributed by atoms with Crippen molar-refractivity contribution in [3.8, 4) is 0 Å². The number of carbonyl (C=O) groups is 1. The minimum Gasteiger partial charge on any atom is -0.399 e. The van der Waals surface area contributed by atoms with E-state index in [0.29, 0.717) is 23.7 Å². The zero-order valence-corrected chi connectivity index (χ0v) is 10.6. The van der Waals surface area contributed by atoms with E-state index < -0.39 is 0 Å². The lowest BCUT2D eigenvalue weighted by Crippen LogP contribution is -2.28. The van der Waals surface area contributed by atoms with Gasteiger partial charge in [-0.05, 0) is 55.9 Å². The highest BCUT2D eigenvalue weighted by Gasteiger charge is 2.23. The first-order valence-corrected chi connectivity index (χ1v) is 6.38. The van der Waals surface area contributed by atoms with Crippen molar-refractivity contribution in [3.63, 3.8) is 0 Å². The first-order chi connectivity index (χ1) is 8.56. The summed E-state index contributed by atoms with van der Waals surface area (Å²) in [5, 5.41) is 12.3. The Morgan fingerprint density at radius 1 is 1.50 bits per heavy atom. The largest absolute Gasteiger partial charge is 0.399 e. The molecule has 2 rings (SSSR count). The maximum Gasteiger partial charge on any atom is 0.251 e. The second-order valence-electron chi connectivity index (χ2n) is 5.11. The fourth-order valence-corrected chi connectivity index (χ4v) is 2.39. The van der Waals surface area contributed by atoms with Crippen LogP contribution in [0.1, 0.15) is 35.2 Å². The van der Waals surface area contributed by atoms with E-state index in [-0.39, 0.29) is 12.0 Å². The Balaban J connectivity index is 1.89. The van der Waals surface area contributed by atoms with Crippen LogP contribution in [0, 0.1) is 12.8 Å². The Morgan fingerprint density at radius 3 is 2.89 bits per heavy atom. The molecular weight excluding hydrogens is 228 g/mol. The average molecular weight is 248 g/mol. The van der Waals surface area contributed by atoms with Crippen LogP contribution in [0.4, 0.5) is 5.69 Å². The van der Waals surface area contributed by atoms with Crippen molar-refractivity contribution in [2.45, 2.75) is 32.3 Å². The molecule has 0 spiro atoms. The predicted octanol–water partition coefficient (Wildman–Crippen LogP) is 1.47. The number of aliphatic hydroxyl groups excluding tert-OH is 1. The number of benzene rings is 1. The summed E-state index contributed by atoms with van der Waals surface area (Å²) in [7, 11) is 0. The first-order valence-electron chi connectivity index (χ1n) is 6.38. The smallest absolute Gasteiger partial charge is 0.251 e. The Bertz CT molecular complexity index is 445. The number of rotatable bonds is 3. The van der Waals surface area contributed by atoms with Crippen LogP contribution in [-0.2, 0) is 0 Å². The number of aryl methyl sites for hydroxylation is 1. The van der Waals surface area contributed by atoms with Crippen molar-refractivity contribution in [2.24, 2.45) is 5.92 Å². The molecular formula is C14H20N2O2. The van der Waals surface area contributed by atoms with E-state index in [2.05, 4.69) is 5.32 Å². The molecule has 98 valence electrons. The Hall–Kier alpha value is -1.55. The summed E-state index contributed by atoms with van der Waals surface area (Å²) in [6, 6.07) is 5.29. The maximum atomic E-state index is 11.9. The summed E-state index contributed by atoms with van der Waals surface area (Å²) in [6.07, 6.45) is 2.44. The van der Waals surface area contributed by atoms with E-state index in [1.807, 2.05) is 6.92 Å². The standard InChI is InChI=1S/C14H20N2O2/c1-9-6-11(3-5-13(9)15)14(18)16-8-10-2-4-12(17)7-10/h3,5-6,10,12,17H,2,4,7-8,15H2,1H3,(H,16,18). The summed E-state index contributed by atoms with van der Waals surface area (Å²) >= 11 is 0. The van der Waals surface area contributed by atoms with Crippen LogP contribution >= 0.6 is 0 Å². The Labute approximate surface area is 107 Å². The number of nitrogens with two attached hydrogens (primary N) is 1. The van der Waals surface area contributed by atoms with Crippen LogP contribution in [0.5, 0.6) is 0 Å². The number of carbonyl (C=O) groups excluding carboxylic acids is 1. The molecule has 4 nitrogen and oxygen atoms in total. The normalized spacial score (nSPS) is 23.0. The molecule has 0 saturated heterocycles. The van der Waals surface area contributed by atoms with E-state index in [1.165, 1.54) is 0 Å². The third-order valence-electron chi connectivity index (χ3n) is 3.60. The Kier molecular flexibility index (Phi) is 3.87. The lowest BCUT2D eigenvalue weighted by Gasteiger charge is -2.11. The van der Waals surface area contributed by atoms with Crippen molar-refractivity contribution >= 4 is 11.6 Å². The van der Waals surface area contributed by atoms with E-state index in [0.717, 1.165) is 24.8 Å². The summed E-state index contributed by atoms with van der Waals surface area (Å²) < 4.78 is 0. The van der Waals surface area contributed by atoms with Crippen LogP contribution < -0.4 is 11.1 Å². The molecule has 0 bridgehead atoms. The molecule has 0 aliphatic heterocycles. The molecule has 0 aromatic heterocycles. The van der Waals surface area contributed by atoms with Gasteiger partial charge in [0.1, 0.15) is 0 Å². The van der Waals surface area contributed by atoms with Crippen molar-refractivity contribution in [2.75, 3.05) is 12.3 Å². The van der Waals surface area contributed by atoms with Gasteiger partial charge in [0.05, 0.1) is 6.10 Å². The van der Waals surface area contributed by atoms with Crippen molar-refractivity contribution in [3.05, 3.63) is 29.3 Å². The van der Waals surface area contributed by atoms with Crippen LogP contribution in [0.3, 0.4) is 0 Å². The first kappa shape index (κ1) is 12.9. The number of aliphatic hydroxyl groups is 1. The molecule has 18 heavy (non-hydrogen) atoms. The fourth-order valence-electron chi connectivity index (χ4n) is 2.39. The summed E-state index contributed by atoms with van der Waals surface area (Å²) in [5.74, 6) is 0.332. The Morgan fingerprint density at radius 2 is 2.28 bits per heavy atom. The molecule has 1 aliphatic carbocycles. The molecule has 0 radical (unpaired) electrons. The van der Waals surface area contributed by atoms with Crippen molar-refractivity contribution < 1.29 is 9.90 Å². The van der Waals surface area contributed by atoms with E-state index >= 15 is 0 Å². The van der Waals surface area contributed by atoms with Gasteiger partial charge in [0, 0.05) is 17.8 Å². The third kappa shape index (κ3) is 3.01. The molecule has 0 heterocycles. The monoisotopic (exact) mass is 248 g/mol. The molecule has 4 heteroatoms. The molecule has 1 saturated carbocycles. The molecule has 4 N–H and O–H groups in total. The van der Waals surface area contributed by atoms with Gasteiger partial charge in [-0.1, -0.05) is 0 Å². The third-order valence-corrected chi connectivity index (χ3v) is 3.60. The molecule has 2 atom stereocenters. The highest BCUT2D eigenvalue weighted by Crippen LogP contribution is 2.24.